The van der Waals surface area contributed by atoms with Crippen LogP contribution in [0.25, 0.3) is 0 Å². The highest BCUT2D eigenvalue weighted by Gasteiger charge is 2.30. The van der Waals surface area contributed by atoms with E-state index in [1.165, 1.54) is 4.90 Å². The number of hydrogen-bond acceptors (Lipinski definition) is 6. The van der Waals surface area contributed by atoms with Gasteiger partial charge in [0, 0.05) is 6.54 Å². The van der Waals surface area contributed by atoms with Gasteiger partial charge < -0.3 is 20.6 Å². The first-order valence-corrected chi connectivity index (χ1v) is 9.37. The van der Waals surface area contributed by atoms with E-state index in [-0.39, 0.29) is 36.8 Å². The first-order valence-electron chi connectivity index (χ1n) is 9.37. The summed E-state index contributed by atoms with van der Waals surface area (Å²) < 4.78 is 0. The summed E-state index contributed by atoms with van der Waals surface area (Å²) in [7, 11) is 1.69. The maximum Gasteiger partial charge on any atom is 0.290 e. The van der Waals surface area contributed by atoms with Crippen LogP contribution in [0, 0.1) is 0 Å². The summed E-state index contributed by atoms with van der Waals surface area (Å²) in [6.45, 7) is 1.94. The number of likely N-dealkylation sites (tertiary alicyclic amines) is 1. The van der Waals surface area contributed by atoms with Crippen LogP contribution in [-0.2, 0) is 19.2 Å². The van der Waals surface area contributed by atoms with Crippen LogP contribution in [0.1, 0.15) is 26.2 Å². The molecular weight excluding hydrogens is 378 g/mol. The van der Waals surface area contributed by atoms with Crippen LogP contribution in [0.15, 0.2) is 30.3 Å². The van der Waals surface area contributed by atoms with E-state index in [1.807, 2.05) is 30.3 Å². The number of rotatable bonds is 7. The lowest BCUT2D eigenvalue weighted by molar-refractivity contribution is -0.139. The van der Waals surface area contributed by atoms with E-state index in [4.69, 9.17) is 9.90 Å². The summed E-state index contributed by atoms with van der Waals surface area (Å²) >= 11 is 0. The normalized spacial score (nSPS) is 17.1. The number of carboxylic acid groups (broad SMARTS) is 1. The minimum atomic E-state index is -0.587. The van der Waals surface area contributed by atoms with E-state index in [0.717, 1.165) is 18.5 Å². The van der Waals surface area contributed by atoms with E-state index in [1.54, 1.807) is 14.0 Å². The van der Waals surface area contributed by atoms with Gasteiger partial charge >= 0.3 is 0 Å². The van der Waals surface area contributed by atoms with E-state index in [9.17, 15) is 14.4 Å². The van der Waals surface area contributed by atoms with Gasteiger partial charge in [-0.25, -0.2) is 0 Å². The molecular formula is C19H29N5O5. The van der Waals surface area contributed by atoms with E-state index in [2.05, 4.69) is 21.5 Å². The number of nitrogens with one attached hydrogen (secondary N) is 4. The molecule has 29 heavy (non-hydrogen) atoms. The van der Waals surface area contributed by atoms with E-state index in [0.29, 0.717) is 13.0 Å². The van der Waals surface area contributed by atoms with E-state index >= 15 is 0 Å². The molecule has 1 heterocycles. The monoisotopic (exact) mass is 407 g/mol. The highest BCUT2D eigenvalue weighted by Crippen LogP contribution is 2.12. The Labute approximate surface area is 170 Å². The van der Waals surface area contributed by atoms with Gasteiger partial charge in [0.2, 0.25) is 11.8 Å². The number of anilines is 1. The van der Waals surface area contributed by atoms with Crippen LogP contribution in [0.3, 0.4) is 0 Å². The average molecular weight is 407 g/mol. The fourth-order valence-corrected chi connectivity index (χ4v) is 2.70. The Hall–Kier alpha value is -3.14. The fraction of sp³-hybridized carbons (Fsp3) is 0.474. The average Bonchev–Trinajstić information content (AvgIpc) is 2.89. The molecule has 2 atom stereocenters. The summed E-state index contributed by atoms with van der Waals surface area (Å²) in [6, 6.07) is 8.27. The van der Waals surface area contributed by atoms with Gasteiger partial charge in [-0.15, -0.1) is 0 Å². The van der Waals surface area contributed by atoms with Crippen molar-refractivity contribution in [3.05, 3.63) is 30.3 Å². The molecule has 0 aromatic heterocycles. The van der Waals surface area contributed by atoms with Crippen molar-refractivity contribution in [2.24, 2.45) is 0 Å². The van der Waals surface area contributed by atoms with Gasteiger partial charge in [-0.05, 0) is 45.4 Å². The Morgan fingerprint density at radius 3 is 2.55 bits per heavy atom. The number of carbonyl (C=O) groups excluding carboxylic acids is 3. The van der Waals surface area contributed by atoms with Gasteiger partial charge in [-0.2, -0.15) is 0 Å². The molecule has 160 valence electrons. The molecule has 0 bridgehead atoms. The third kappa shape index (κ3) is 8.60. The highest BCUT2D eigenvalue weighted by molar-refractivity contribution is 5.92. The molecule has 5 N–H and O–H groups in total. The second kappa shape index (κ2) is 13.1. The molecule has 2 rings (SSSR count). The first kappa shape index (κ1) is 23.9. The standard InChI is InChI=1S/C18H27N5O3.CH2O2/c1-13(19-2)17(25)20-15-10-6-7-11-23(18(15)26)12-16(24)22-21-14-8-4-3-5-9-14;2-1-3/h3-5,8-9,13,15,19,21H,6-7,10-12H2,1-2H3,(H,20,25)(H,22,24);1H,(H,2,3)/t13-,15-;/m0./s1. The quantitative estimate of drug-likeness (QED) is 0.315. The van der Waals surface area contributed by atoms with Gasteiger partial charge in [0.05, 0.1) is 11.7 Å². The second-order valence-electron chi connectivity index (χ2n) is 6.47. The van der Waals surface area contributed by atoms with Crippen molar-refractivity contribution in [2.45, 2.75) is 38.3 Å². The highest BCUT2D eigenvalue weighted by atomic mass is 16.3. The number of carbonyl (C=O) groups is 4. The molecule has 0 radical (unpaired) electrons. The van der Waals surface area contributed by atoms with Gasteiger partial charge in [-0.3, -0.25) is 30.0 Å². The maximum atomic E-state index is 12.7. The molecule has 0 spiro atoms. The summed E-state index contributed by atoms with van der Waals surface area (Å²) in [5.41, 5.74) is 6.16. The zero-order valence-electron chi connectivity index (χ0n) is 16.7. The van der Waals surface area contributed by atoms with Crippen molar-refractivity contribution in [1.82, 2.24) is 21.0 Å². The zero-order chi connectivity index (χ0) is 21.6. The fourth-order valence-electron chi connectivity index (χ4n) is 2.70. The number of nitrogens with zero attached hydrogens (tertiary/aromatic N) is 1. The predicted octanol–water partition coefficient (Wildman–Crippen LogP) is -0.0643. The van der Waals surface area contributed by atoms with Crippen LogP contribution >= 0.6 is 0 Å². The smallest absolute Gasteiger partial charge is 0.290 e. The Morgan fingerprint density at radius 2 is 1.93 bits per heavy atom. The van der Waals surface area contributed by atoms with Gasteiger partial charge in [0.15, 0.2) is 0 Å². The topological polar surface area (TPSA) is 140 Å². The Morgan fingerprint density at radius 1 is 1.28 bits per heavy atom. The minimum absolute atomic E-state index is 0.0490. The minimum Gasteiger partial charge on any atom is -0.483 e. The summed E-state index contributed by atoms with van der Waals surface area (Å²) in [5.74, 6) is -0.741. The molecule has 0 aliphatic carbocycles. The maximum absolute atomic E-state index is 12.7. The third-order valence-corrected chi connectivity index (χ3v) is 4.38. The van der Waals surface area contributed by atoms with E-state index < -0.39 is 6.04 Å². The zero-order valence-corrected chi connectivity index (χ0v) is 16.7. The third-order valence-electron chi connectivity index (χ3n) is 4.38. The van der Waals surface area contributed by atoms with Gasteiger partial charge in [-0.1, -0.05) is 18.2 Å². The summed E-state index contributed by atoms with van der Waals surface area (Å²) in [5, 5.41) is 12.5. The molecule has 1 fully saturated rings. The number of hydrazine groups is 1. The molecule has 0 saturated carbocycles. The molecule has 1 aromatic carbocycles. The van der Waals surface area contributed by atoms with Crippen molar-refractivity contribution in [3.8, 4) is 0 Å². The summed E-state index contributed by atoms with van der Waals surface area (Å²) in [4.78, 5) is 46.8. The van der Waals surface area contributed by atoms with Crippen LogP contribution in [-0.4, -0.2) is 66.4 Å². The lowest BCUT2D eigenvalue weighted by Crippen LogP contribution is -2.53. The van der Waals surface area contributed by atoms with Crippen LogP contribution in [0.2, 0.25) is 0 Å². The largest absolute Gasteiger partial charge is 0.483 e. The van der Waals surface area contributed by atoms with Crippen molar-refractivity contribution in [1.29, 1.82) is 0 Å². The van der Waals surface area contributed by atoms with Crippen molar-refractivity contribution < 1.29 is 24.3 Å². The lowest BCUT2D eigenvalue weighted by atomic mass is 10.1. The van der Waals surface area contributed by atoms with Crippen LogP contribution in [0.4, 0.5) is 5.69 Å². The lowest BCUT2D eigenvalue weighted by Gasteiger charge is -2.25. The molecule has 1 aromatic rings. The number of likely N-dealkylation sites (N-methyl/N-ethyl adjacent to an activating group) is 1. The number of para-hydroxylation sites is 1. The Balaban J connectivity index is 0.00000132. The second-order valence-corrected chi connectivity index (χ2v) is 6.47. The van der Waals surface area contributed by atoms with Crippen LogP contribution in [0.5, 0.6) is 0 Å². The molecule has 1 saturated heterocycles. The SMILES string of the molecule is CN[C@@H](C)C(=O)N[C@H]1CCCCN(CC(=O)NNc2ccccc2)C1=O.O=CO. The van der Waals surface area contributed by atoms with Crippen LogP contribution < -0.4 is 21.5 Å². The molecule has 1 aliphatic rings. The van der Waals surface area contributed by atoms with Crippen molar-refractivity contribution in [2.75, 3.05) is 25.6 Å². The Kier molecular flexibility index (Phi) is 10.8. The molecule has 1 aliphatic heterocycles. The number of hydrogen-bond donors (Lipinski definition) is 5. The summed E-state index contributed by atoms with van der Waals surface area (Å²) in [6.07, 6.45) is 2.21. The van der Waals surface area contributed by atoms with Gasteiger partial charge in [0.25, 0.3) is 12.4 Å². The molecule has 3 amide bonds. The molecule has 10 heteroatoms. The Bertz CT molecular complexity index is 670. The number of benzene rings is 1. The molecule has 0 unspecified atom stereocenters. The van der Waals surface area contributed by atoms with Crippen molar-refractivity contribution in [3.63, 3.8) is 0 Å². The number of amides is 3. The first-order chi connectivity index (χ1) is 13.9. The molecule has 10 nitrogen and oxygen atoms in total. The van der Waals surface area contributed by atoms with Gasteiger partial charge in [0.1, 0.15) is 12.6 Å². The van der Waals surface area contributed by atoms with Crippen molar-refractivity contribution >= 4 is 29.9 Å². The predicted molar refractivity (Wildman–Crippen MR) is 108 cm³/mol.